The fourth-order valence-corrected chi connectivity index (χ4v) is 3.54. The van der Waals surface area contributed by atoms with Gasteiger partial charge in [0.25, 0.3) is 0 Å². The molecule has 2 aliphatic rings. The van der Waals surface area contributed by atoms with E-state index < -0.39 is 0 Å². The zero-order valence-corrected chi connectivity index (χ0v) is 15.0. The number of carbonyl (C=O) groups excluding carboxylic acids is 1. The Morgan fingerprint density at radius 3 is 2.96 bits per heavy atom. The summed E-state index contributed by atoms with van der Waals surface area (Å²) in [6.45, 7) is 9.95. The van der Waals surface area contributed by atoms with Crippen molar-refractivity contribution in [1.29, 1.82) is 0 Å². The lowest BCUT2D eigenvalue weighted by Gasteiger charge is -2.36. The first-order valence-electron chi connectivity index (χ1n) is 8.94. The van der Waals surface area contributed by atoms with E-state index in [-0.39, 0.29) is 12.0 Å². The van der Waals surface area contributed by atoms with Crippen LogP contribution in [0.25, 0.3) is 0 Å². The SMILES string of the molecule is CC(=O)N1CCCc2cccc(OCC3CN(C(C)C)CCO3)c21. The van der Waals surface area contributed by atoms with Crippen molar-refractivity contribution in [3.05, 3.63) is 23.8 Å². The Morgan fingerprint density at radius 1 is 1.38 bits per heavy atom. The number of hydrogen-bond donors (Lipinski definition) is 0. The monoisotopic (exact) mass is 332 g/mol. The molecular weight excluding hydrogens is 304 g/mol. The van der Waals surface area contributed by atoms with E-state index in [1.54, 1.807) is 6.92 Å². The first-order valence-corrected chi connectivity index (χ1v) is 8.94. The molecule has 2 aliphatic heterocycles. The molecular formula is C19H28N2O3. The van der Waals surface area contributed by atoms with E-state index in [1.807, 2.05) is 17.0 Å². The van der Waals surface area contributed by atoms with E-state index in [0.717, 1.165) is 50.5 Å². The third-order valence-corrected chi connectivity index (χ3v) is 4.89. The van der Waals surface area contributed by atoms with Crippen LogP contribution in [0, 0.1) is 0 Å². The molecule has 1 aromatic carbocycles. The lowest BCUT2D eigenvalue weighted by Crippen LogP contribution is -2.47. The Labute approximate surface area is 144 Å². The molecule has 3 rings (SSSR count). The first-order chi connectivity index (χ1) is 11.6. The van der Waals surface area contributed by atoms with Crippen molar-refractivity contribution in [2.45, 2.75) is 45.8 Å². The maximum absolute atomic E-state index is 12.0. The van der Waals surface area contributed by atoms with Crippen molar-refractivity contribution in [3.8, 4) is 5.75 Å². The van der Waals surface area contributed by atoms with Crippen LogP contribution in [0.5, 0.6) is 5.75 Å². The third-order valence-electron chi connectivity index (χ3n) is 4.89. The molecule has 1 fully saturated rings. The standard InChI is InChI=1S/C19H28N2O3/c1-14(2)20-10-11-23-17(12-20)13-24-18-8-4-6-16-7-5-9-21(15(3)22)19(16)18/h4,6,8,14,17H,5,7,9-13H2,1-3H3. The highest BCUT2D eigenvalue weighted by Crippen LogP contribution is 2.36. The first kappa shape index (κ1) is 17.2. The highest BCUT2D eigenvalue weighted by Gasteiger charge is 2.26. The Balaban J connectivity index is 1.71. The minimum absolute atomic E-state index is 0.0753. The highest BCUT2D eigenvalue weighted by molar-refractivity contribution is 5.94. The van der Waals surface area contributed by atoms with Gasteiger partial charge in [-0.25, -0.2) is 0 Å². The second-order valence-corrected chi connectivity index (χ2v) is 6.93. The van der Waals surface area contributed by atoms with E-state index in [9.17, 15) is 4.79 Å². The van der Waals surface area contributed by atoms with Crippen LogP contribution in [-0.2, 0) is 16.0 Å². The van der Waals surface area contributed by atoms with Gasteiger partial charge in [-0.15, -0.1) is 0 Å². The van der Waals surface area contributed by atoms with Crippen LogP contribution in [0.3, 0.4) is 0 Å². The second-order valence-electron chi connectivity index (χ2n) is 6.93. The molecule has 24 heavy (non-hydrogen) atoms. The van der Waals surface area contributed by atoms with E-state index in [4.69, 9.17) is 9.47 Å². The van der Waals surface area contributed by atoms with E-state index >= 15 is 0 Å². The van der Waals surface area contributed by atoms with Gasteiger partial charge in [0.1, 0.15) is 18.5 Å². The van der Waals surface area contributed by atoms with Gasteiger partial charge < -0.3 is 14.4 Å². The smallest absolute Gasteiger partial charge is 0.223 e. The van der Waals surface area contributed by atoms with Crippen molar-refractivity contribution >= 4 is 11.6 Å². The van der Waals surface area contributed by atoms with Crippen molar-refractivity contribution < 1.29 is 14.3 Å². The molecule has 1 unspecified atom stereocenters. The van der Waals surface area contributed by atoms with Crippen molar-refractivity contribution in [3.63, 3.8) is 0 Å². The molecule has 1 aromatic rings. The molecule has 5 nitrogen and oxygen atoms in total. The Bertz CT molecular complexity index is 588. The molecule has 0 radical (unpaired) electrons. The van der Waals surface area contributed by atoms with Gasteiger partial charge in [0.2, 0.25) is 5.91 Å². The lowest BCUT2D eigenvalue weighted by molar-refractivity contribution is -0.116. The van der Waals surface area contributed by atoms with Crippen LogP contribution >= 0.6 is 0 Å². The minimum Gasteiger partial charge on any atom is -0.489 e. The Morgan fingerprint density at radius 2 is 2.21 bits per heavy atom. The highest BCUT2D eigenvalue weighted by atomic mass is 16.5. The summed E-state index contributed by atoms with van der Waals surface area (Å²) < 4.78 is 12.0. The van der Waals surface area contributed by atoms with Gasteiger partial charge in [-0.05, 0) is 38.3 Å². The summed E-state index contributed by atoms with van der Waals surface area (Å²) in [5, 5.41) is 0. The summed E-state index contributed by atoms with van der Waals surface area (Å²) in [6, 6.07) is 6.59. The summed E-state index contributed by atoms with van der Waals surface area (Å²) >= 11 is 0. The Hall–Kier alpha value is -1.59. The van der Waals surface area contributed by atoms with Crippen LogP contribution in [0.4, 0.5) is 5.69 Å². The van der Waals surface area contributed by atoms with Crippen LogP contribution in [-0.4, -0.2) is 55.8 Å². The molecule has 0 aromatic heterocycles. The zero-order valence-electron chi connectivity index (χ0n) is 15.0. The van der Waals surface area contributed by atoms with Crippen molar-refractivity contribution in [1.82, 2.24) is 4.90 Å². The van der Waals surface area contributed by atoms with E-state index in [2.05, 4.69) is 24.8 Å². The summed E-state index contributed by atoms with van der Waals surface area (Å²) in [6.07, 6.45) is 2.08. The van der Waals surface area contributed by atoms with E-state index in [1.165, 1.54) is 5.56 Å². The summed E-state index contributed by atoms with van der Waals surface area (Å²) in [7, 11) is 0. The van der Waals surface area contributed by atoms with Gasteiger partial charge in [0.15, 0.2) is 0 Å². The maximum atomic E-state index is 12.0. The molecule has 1 amide bonds. The van der Waals surface area contributed by atoms with Crippen molar-refractivity contribution in [2.24, 2.45) is 0 Å². The number of para-hydroxylation sites is 1. The average Bonchev–Trinajstić information content (AvgIpc) is 2.59. The van der Waals surface area contributed by atoms with Gasteiger partial charge in [-0.1, -0.05) is 12.1 Å². The molecule has 1 atom stereocenters. The van der Waals surface area contributed by atoms with Gasteiger partial charge in [-0.2, -0.15) is 0 Å². The zero-order chi connectivity index (χ0) is 17.1. The number of carbonyl (C=O) groups is 1. The van der Waals surface area contributed by atoms with Crippen LogP contribution in [0.1, 0.15) is 32.8 Å². The molecule has 0 spiro atoms. The van der Waals surface area contributed by atoms with Crippen LogP contribution in [0.15, 0.2) is 18.2 Å². The quantitative estimate of drug-likeness (QED) is 0.849. The molecule has 0 N–H and O–H groups in total. The maximum Gasteiger partial charge on any atom is 0.223 e. The molecule has 0 bridgehead atoms. The molecule has 132 valence electrons. The number of anilines is 1. The predicted molar refractivity (Wildman–Crippen MR) is 94.7 cm³/mol. The number of benzene rings is 1. The number of amides is 1. The number of hydrogen-bond acceptors (Lipinski definition) is 4. The molecule has 1 saturated heterocycles. The van der Waals surface area contributed by atoms with Crippen LogP contribution in [0.2, 0.25) is 0 Å². The summed E-state index contributed by atoms with van der Waals surface area (Å²) in [4.78, 5) is 16.2. The number of ether oxygens (including phenoxy) is 2. The minimum atomic E-state index is 0.0753. The van der Waals surface area contributed by atoms with Gasteiger partial charge in [0.05, 0.1) is 12.3 Å². The summed E-state index contributed by atoms with van der Waals surface area (Å²) in [5.74, 6) is 0.875. The van der Waals surface area contributed by atoms with Gasteiger partial charge >= 0.3 is 0 Å². The molecule has 0 saturated carbocycles. The van der Waals surface area contributed by atoms with E-state index in [0.29, 0.717) is 12.6 Å². The fourth-order valence-electron chi connectivity index (χ4n) is 3.54. The van der Waals surface area contributed by atoms with Crippen LogP contribution < -0.4 is 9.64 Å². The molecule has 2 heterocycles. The van der Waals surface area contributed by atoms with Crippen molar-refractivity contribution in [2.75, 3.05) is 37.7 Å². The third kappa shape index (κ3) is 3.73. The average molecular weight is 332 g/mol. The Kier molecular flexibility index (Phi) is 5.41. The largest absolute Gasteiger partial charge is 0.489 e. The van der Waals surface area contributed by atoms with Gasteiger partial charge in [0, 0.05) is 32.6 Å². The normalized spacial score (nSPS) is 21.7. The number of morpholine rings is 1. The van der Waals surface area contributed by atoms with Gasteiger partial charge in [-0.3, -0.25) is 9.69 Å². The topological polar surface area (TPSA) is 42.0 Å². The molecule has 5 heteroatoms. The number of rotatable bonds is 4. The fraction of sp³-hybridized carbons (Fsp3) is 0.632. The predicted octanol–water partition coefficient (Wildman–Crippen LogP) is 2.47. The number of aryl methyl sites for hydroxylation is 1. The lowest BCUT2D eigenvalue weighted by atomic mass is 10.0. The molecule has 0 aliphatic carbocycles. The number of fused-ring (bicyclic) bond motifs is 1. The number of nitrogens with zero attached hydrogens (tertiary/aromatic N) is 2. The summed E-state index contributed by atoms with van der Waals surface area (Å²) in [5.41, 5.74) is 2.15. The second kappa shape index (κ2) is 7.53.